The van der Waals surface area contributed by atoms with Crippen LogP contribution in [0.25, 0.3) is 10.8 Å². The zero-order valence-electron chi connectivity index (χ0n) is 16.0. The molecule has 146 valence electrons. The van der Waals surface area contributed by atoms with Gasteiger partial charge in [0.25, 0.3) is 5.56 Å². The minimum absolute atomic E-state index is 0.00215. The van der Waals surface area contributed by atoms with E-state index in [0.29, 0.717) is 21.9 Å². The summed E-state index contributed by atoms with van der Waals surface area (Å²) in [7, 11) is 0. The van der Waals surface area contributed by atoms with Crippen molar-refractivity contribution in [3.8, 4) is 6.07 Å². The summed E-state index contributed by atoms with van der Waals surface area (Å²) < 4.78 is 6.72. The number of hydrogen-bond donors (Lipinski definition) is 0. The highest BCUT2D eigenvalue weighted by Gasteiger charge is 2.18. The largest absolute Gasteiger partial charge is 0.456 e. The number of rotatable bonds is 5. The normalized spacial score (nSPS) is 10.5. The van der Waals surface area contributed by atoms with Gasteiger partial charge in [0, 0.05) is 5.39 Å². The number of aromatic nitrogens is 2. The van der Waals surface area contributed by atoms with Crippen molar-refractivity contribution in [2.75, 3.05) is 0 Å². The summed E-state index contributed by atoms with van der Waals surface area (Å²) in [6, 6.07) is 25.2. The second kappa shape index (κ2) is 8.41. The molecule has 0 atom stereocenters. The maximum Gasteiger partial charge on any atom is 0.359 e. The smallest absolute Gasteiger partial charge is 0.359 e. The fraction of sp³-hybridized carbons (Fsp3) is 0.0833. The standard InChI is InChI=1S/C24H17N3O3/c25-14-18-9-6-10-19(13-18)16-30-24(29)22-20-11-4-5-12-21(20)23(28)27(26-22)15-17-7-2-1-3-8-17/h1-13H,15-16H2. The molecule has 1 aromatic heterocycles. The van der Waals surface area contributed by atoms with Crippen molar-refractivity contribution in [2.45, 2.75) is 13.2 Å². The molecule has 0 saturated carbocycles. The number of esters is 1. The molecule has 3 aromatic carbocycles. The van der Waals surface area contributed by atoms with Crippen molar-refractivity contribution in [3.63, 3.8) is 0 Å². The number of fused-ring (bicyclic) bond motifs is 1. The van der Waals surface area contributed by atoms with Gasteiger partial charge >= 0.3 is 5.97 Å². The van der Waals surface area contributed by atoms with Crippen LogP contribution in [-0.4, -0.2) is 15.7 Å². The average molecular weight is 395 g/mol. The number of nitriles is 1. The van der Waals surface area contributed by atoms with Crippen LogP contribution in [0.4, 0.5) is 0 Å². The molecule has 0 saturated heterocycles. The van der Waals surface area contributed by atoms with Crippen molar-refractivity contribution in [2.24, 2.45) is 0 Å². The SMILES string of the molecule is N#Cc1cccc(COC(=O)c2nn(Cc3ccccc3)c(=O)c3ccccc23)c1. The number of hydrogen-bond acceptors (Lipinski definition) is 5. The molecule has 4 aromatic rings. The Morgan fingerprint density at radius 1 is 0.933 bits per heavy atom. The lowest BCUT2D eigenvalue weighted by atomic mass is 10.1. The first-order chi connectivity index (χ1) is 14.7. The van der Waals surface area contributed by atoms with Gasteiger partial charge in [0.2, 0.25) is 0 Å². The minimum Gasteiger partial charge on any atom is -0.456 e. The molecule has 0 amide bonds. The summed E-state index contributed by atoms with van der Waals surface area (Å²) in [4.78, 5) is 25.7. The van der Waals surface area contributed by atoms with E-state index in [1.54, 1.807) is 48.5 Å². The van der Waals surface area contributed by atoms with E-state index in [9.17, 15) is 9.59 Å². The lowest BCUT2D eigenvalue weighted by Crippen LogP contribution is -2.27. The Bertz CT molecular complexity index is 1320. The van der Waals surface area contributed by atoms with Gasteiger partial charge in [-0.15, -0.1) is 0 Å². The van der Waals surface area contributed by atoms with Crippen LogP contribution in [0.3, 0.4) is 0 Å². The van der Waals surface area contributed by atoms with E-state index < -0.39 is 5.97 Å². The van der Waals surface area contributed by atoms with Crippen molar-refractivity contribution >= 4 is 16.7 Å². The Hall–Kier alpha value is -4.24. The highest BCUT2D eigenvalue weighted by molar-refractivity contribution is 6.02. The van der Waals surface area contributed by atoms with Crippen LogP contribution >= 0.6 is 0 Å². The number of carbonyl (C=O) groups is 1. The first-order valence-electron chi connectivity index (χ1n) is 9.35. The lowest BCUT2D eigenvalue weighted by Gasteiger charge is -2.11. The van der Waals surface area contributed by atoms with Crippen molar-refractivity contribution in [1.82, 2.24) is 9.78 Å². The van der Waals surface area contributed by atoms with Gasteiger partial charge in [-0.05, 0) is 29.3 Å². The summed E-state index contributed by atoms with van der Waals surface area (Å²) in [6.45, 7) is 0.247. The van der Waals surface area contributed by atoms with E-state index in [1.165, 1.54) is 4.68 Å². The van der Waals surface area contributed by atoms with Crippen LogP contribution < -0.4 is 5.56 Å². The molecule has 6 nitrogen and oxygen atoms in total. The predicted octanol–water partition coefficient (Wildman–Crippen LogP) is 3.67. The van der Waals surface area contributed by atoms with Gasteiger partial charge in [-0.1, -0.05) is 60.7 Å². The molecular weight excluding hydrogens is 378 g/mol. The molecule has 0 radical (unpaired) electrons. The molecule has 4 rings (SSSR count). The molecule has 0 N–H and O–H groups in total. The molecule has 6 heteroatoms. The molecule has 0 fully saturated rings. The molecule has 0 aliphatic rings. The molecule has 1 heterocycles. The van der Waals surface area contributed by atoms with Gasteiger partial charge in [-0.3, -0.25) is 4.79 Å². The molecule has 0 spiro atoms. The average Bonchev–Trinajstić information content (AvgIpc) is 2.80. The number of benzene rings is 3. The summed E-state index contributed by atoms with van der Waals surface area (Å²) in [5.74, 6) is -0.629. The molecule has 30 heavy (non-hydrogen) atoms. The van der Waals surface area contributed by atoms with Gasteiger partial charge < -0.3 is 4.74 Å². The summed E-state index contributed by atoms with van der Waals surface area (Å²) in [5, 5.41) is 14.2. The fourth-order valence-electron chi connectivity index (χ4n) is 3.20. The highest BCUT2D eigenvalue weighted by Crippen LogP contribution is 2.16. The topological polar surface area (TPSA) is 85.0 Å². The maximum absolute atomic E-state index is 12.9. The van der Waals surface area contributed by atoms with Crippen LogP contribution in [0.5, 0.6) is 0 Å². The van der Waals surface area contributed by atoms with Crippen LogP contribution in [0, 0.1) is 11.3 Å². The van der Waals surface area contributed by atoms with Crippen LogP contribution in [0.1, 0.15) is 27.2 Å². The fourth-order valence-corrected chi connectivity index (χ4v) is 3.20. The number of carbonyl (C=O) groups excluding carboxylic acids is 1. The van der Waals surface area contributed by atoms with Gasteiger partial charge in [0.15, 0.2) is 5.69 Å². The van der Waals surface area contributed by atoms with Crippen LogP contribution in [-0.2, 0) is 17.9 Å². The van der Waals surface area contributed by atoms with Crippen LogP contribution in [0.15, 0.2) is 83.7 Å². The van der Waals surface area contributed by atoms with E-state index in [1.807, 2.05) is 30.3 Å². The molecule has 0 bridgehead atoms. The number of nitrogens with zero attached hydrogens (tertiary/aromatic N) is 3. The number of ether oxygens (including phenoxy) is 1. The Morgan fingerprint density at radius 2 is 1.63 bits per heavy atom. The second-order valence-corrected chi connectivity index (χ2v) is 6.73. The predicted molar refractivity (Wildman–Crippen MR) is 112 cm³/mol. The molecule has 0 aliphatic heterocycles. The Morgan fingerprint density at radius 3 is 2.40 bits per heavy atom. The molecule has 0 aliphatic carbocycles. The van der Waals surface area contributed by atoms with E-state index in [4.69, 9.17) is 10.00 Å². The summed E-state index contributed by atoms with van der Waals surface area (Å²) >= 11 is 0. The Kier molecular flexibility index (Phi) is 5.35. The third-order valence-electron chi connectivity index (χ3n) is 4.66. The molecular formula is C24H17N3O3. The quantitative estimate of drug-likeness (QED) is 0.481. The summed E-state index contributed by atoms with van der Waals surface area (Å²) in [5.41, 5.74) is 1.90. The highest BCUT2D eigenvalue weighted by atomic mass is 16.5. The van der Waals surface area contributed by atoms with Gasteiger partial charge in [0.05, 0.1) is 23.6 Å². The zero-order chi connectivity index (χ0) is 20.9. The Labute approximate surface area is 172 Å². The lowest BCUT2D eigenvalue weighted by molar-refractivity contribution is 0.0465. The molecule has 0 unspecified atom stereocenters. The van der Waals surface area contributed by atoms with Crippen molar-refractivity contribution in [1.29, 1.82) is 5.26 Å². The van der Waals surface area contributed by atoms with Gasteiger partial charge in [0.1, 0.15) is 6.61 Å². The monoisotopic (exact) mass is 395 g/mol. The van der Waals surface area contributed by atoms with Crippen molar-refractivity contribution in [3.05, 3.63) is 112 Å². The first-order valence-corrected chi connectivity index (χ1v) is 9.35. The maximum atomic E-state index is 12.9. The third-order valence-corrected chi connectivity index (χ3v) is 4.66. The minimum atomic E-state index is -0.629. The van der Waals surface area contributed by atoms with E-state index in [2.05, 4.69) is 11.2 Å². The zero-order valence-corrected chi connectivity index (χ0v) is 16.0. The van der Waals surface area contributed by atoms with E-state index in [0.717, 1.165) is 5.56 Å². The van der Waals surface area contributed by atoms with E-state index in [-0.39, 0.29) is 24.4 Å². The summed E-state index contributed by atoms with van der Waals surface area (Å²) in [6.07, 6.45) is 0. The van der Waals surface area contributed by atoms with Crippen molar-refractivity contribution < 1.29 is 9.53 Å². The van der Waals surface area contributed by atoms with Crippen LogP contribution in [0.2, 0.25) is 0 Å². The third kappa shape index (κ3) is 3.96. The van der Waals surface area contributed by atoms with Gasteiger partial charge in [-0.25, -0.2) is 9.48 Å². The first kappa shape index (κ1) is 19.1. The van der Waals surface area contributed by atoms with Gasteiger partial charge in [-0.2, -0.15) is 10.4 Å². The van der Waals surface area contributed by atoms with E-state index >= 15 is 0 Å². The Balaban J connectivity index is 1.68. The second-order valence-electron chi connectivity index (χ2n) is 6.73.